The highest BCUT2D eigenvalue weighted by Crippen LogP contribution is 2.26. The third-order valence-electron chi connectivity index (χ3n) is 4.24. The summed E-state index contributed by atoms with van der Waals surface area (Å²) < 4.78 is 0. The van der Waals surface area contributed by atoms with Crippen LogP contribution in [0.2, 0.25) is 0 Å². The normalized spacial score (nSPS) is 16.2. The summed E-state index contributed by atoms with van der Waals surface area (Å²) in [5, 5.41) is 3.33. The number of carbonyl (C=O) groups is 1. The summed E-state index contributed by atoms with van der Waals surface area (Å²) in [6.45, 7) is 12.4. The van der Waals surface area contributed by atoms with Crippen molar-refractivity contribution in [1.29, 1.82) is 0 Å². The van der Waals surface area contributed by atoms with Crippen molar-refractivity contribution in [2.24, 2.45) is 0 Å². The van der Waals surface area contributed by atoms with Gasteiger partial charge in [0.15, 0.2) is 0 Å². The highest BCUT2D eigenvalue weighted by atomic mass is 32.1. The van der Waals surface area contributed by atoms with Gasteiger partial charge in [-0.1, -0.05) is 20.8 Å². The molecule has 1 amide bonds. The van der Waals surface area contributed by atoms with E-state index < -0.39 is 0 Å². The van der Waals surface area contributed by atoms with Gasteiger partial charge in [-0.15, -0.1) is 11.3 Å². The molecule has 1 fully saturated rings. The van der Waals surface area contributed by atoms with Crippen LogP contribution in [0.25, 0.3) is 0 Å². The first kappa shape index (κ1) is 17.9. The Labute approximate surface area is 152 Å². The molecule has 1 saturated heterocycles. The molecule has 25 heavy (non-hydrogen) atoms. The van der Waals surface area contributed by atoms with Crippen LogP contribution in [0.3, 0.4) is 0 Å². The molecule has 2 aromatic rings. The minimum atomic E-state index is -0.0316. The predicted molar refractivity (Wildman–Crippen MR) is 98.8 cm³/mol. The molecular weight excluding hydrogens is 334 g/mol. The maximum atomic E-state index is 12.5. The average Bonchev–Trinajstić information content (AvgIpc) is 3.04. The third-order valence-corrected chi connectivity index (χ3v) is 5.56. The Kier molecular flexibility index (Phi) is 5.15. The first-order valence-electron chi connectivity index (χ1n) is 8.58. The van der Waals surface area contributed by atoms with E-state index in [-0.39, 0.29) is 11.3 Å². The van der Waals surface area contributed by atoms with Crippen molar-refractivity contribution in [3.8, 4) is 0 Å². The first-order valence-corrected chi connectivity index (χ1v) is 9.46. The van der Waals surface area contributed by atoms with Crippen LogP contribution >= 0.6 is 11.3 Å². The second-order valence-electron chi connectivity index (χ2n) is 7.51. The lowest BCUT2D eigenvalue weighted by atomic mass is 9.98. The Hall–Kier alpha value is -1.86. The number of carbonyl (C=O) groups excluding carboxylic acids is 1. The average molecular weight is 359 g/mol. The quantitative estimate of drug-likeness (QED) is 0.843. The molecule has 0 unspecified atom stereocenters. The van der Waals surface area contributed by atoms with Crippen molar-refractivity contribution in [2.45, 2.75) is 39.7 Å². The van der Waals surface area contributed by atoms with Crippen LogP contribution in [-0.4, -0.2) is 56.8 Å². The van der Waals surface area contributed by atoms with E-state index in [1.54, 1.807) is 23.7 Å². The van der Waals surface area contributed by atoms with Gasteiger partial charge in [0.05, 0.1) is 22.6 Å². The molecular formula is C18H25N5OS. The van der Waals surface area contributed by atoms with Crippen LogP contribution in [0.5, 0.6) is 0 Å². The second-order valence-corrected chi connectivity index (χ2v) is 8.36. The Balaban J connectivity index is 1.54. The highest BCUT2D eigenvalue weighted by Gasteiger charge is 2.24. The fourth-order valence-electron chi connectivity index (χ4n) is 2.73. The lowest BCUT2D eigenvalue weighted by Gasteiger charge is -2.34. The van der Waals surface area contributed by atoms with Gasteiger partial charge in [0.25, 0.3) is 5.91 Å². The summed E-state index contributed by atoms with van der Waals surface area (Å²) in [5.41, 5.74) is 2.47. The van der Waals surface area contributed by atoms with Crippen molar-refractivity contribution >= 4 is 17.2 Å². The molecule has 0 atom stereocenters. The van der Waals surface area contributed by atoms with Crippen LogP contribution in [0.4, 0.5) is 0 Å². The summed E-state index contributed by atoms with van der Waals surface area (Å²) in [6.07, 6.45) is 3.20. The standard InChI is InChI=1S/C18H25N5OS/c1-13-9-20-15(10-19-13)16(24)23-7-5-22(6-8-23)11-14-12-25-17(21-14)18(2,3)4/h9-10,12H,5-8,11H2,1-4H3. The Morgan fingerprint density at radius 1 is 1.16 bits per heavy atom. The van der Waals surface area contributed by atoms with E-state index >= 15 is 0 Å². The van der Waals surface area contributed by atoms with Crippen molar-refractivity contribution in [2.75, 3.05) is 26.2 Å². The van der Waals surface area contributed by atoms with Gasteiger partial charge in [0.2, 0.25) is 0 Å². The van der Waals surface area contributed by atoms with Crippen molar-refractivity contribution in [3.05, 3.63) is 39.9 Å². The van der Waals surface area contributed by atoms with Crippen molar-refractivity contribution in [3.63, 3.8) is 0 Å². The molecule has 0 radical (unpaired) electrons. The summed E-state index contributed by atoms with van der Waals surface area (Å²) in [4.78, 5) is 29.8. The lowest BCUT2D eigenvalue weighted by Crippen LogP contribution is -2.48. The van der Waals surface area contributed by atoms with Crippen LogP contribution in [0.1, 0.15) is 47.7 Å². The smallest absolute Gasteiger partial charge is 0.274 e. The van der Waals surface area contributed by atoms with Gasteiger partial charge >= 0.3 is 0 Å². The zero-order valence-corrected chi connectivity index (χ0v) is 16.1. The summed E-state index contributed by atoms with van der Waals surface area (Å²) in [7, 11) is 0. The van der Waals surface area contributed by atoms with Crippen molar-refractivity contribution in [1.82, 2.24) is 24.8 Å². The topological polar surface area (TPSA) is 62.2 Å². The first-order chi connectivity index (χ1) is 11.8. The molecule has 3 rings (SSSR count). The molecule has 0 aromatic carbocycles. The van der Waals surface area contributed by atoms with Crippen LogP contribution < -0.4 is 0 Å². The minimum absolute atomic E-state index is 0.0316. The van der Waals surface area contributed by atoms with E-state index in [0.717, 1.165) is 31.0 Å². The van der Waals surface area contributed by atoms with E-state index in [1.165, 1.54) is 5.01 Å². The largest absolute Gasteiger partial charge is 0.335 e. The van der Waals surface area contributed by atoms with Crippen LogP contribution in [-0.2, 0) is 12.0 Å². The molecule has 0 saturated carbocycles. The molecule has 2 aromatic heterocycles. The summed E-state index contributed by atoms with van der Waals surface area (Å²) >= 11 is 1.73. The Bertz CT molecular complexity index is 727. The molecule has 1 aliphatic rings. The van der Waals surface area contributed by atoms with Gasteiger partial charge in [-0.3, -0.25) is 14.7 Å². The SMILES string of the molecule is Cc1cnc(C(=O)N2CCN(Cc3csc(C(C)(C)C)n3)CC2)cn1. The highest BCUT2D eigenvalue weighted by molar-refractivity contribution is 7.09. The number of aryl methyl sites for hydroxylation is 1. The number of thiazole rings is 1. The van der Waals surface area contributed by atoms with E-state index in [2.05, 4.69) is 41.0 Å². The van der Waals surface area contributed by atoms with Gasteiger partial charge in [-0.25, -0.2) is 9.97 Å². The molecule has 0 aliphatic carbocycles. The summed E-state index contributed by atoms with van der Waals surface area (Å²) in [6, 6.07) is 0. The minimum Gasteiger partial charge on any atom is -0.335 e. The molecule has 1 aliphatic heterocycles. The monoisotopic (exact) mass is 359 g/mol. The number of rotatable bonds is 3. The van der Waals surface area contributed by atoms with E-state index in [1.807, 2.05) is 11.8 Å². The van der Waals surface area contributed by atoms with E-state index in [9.17, 15) is 4.79 Å². The van der Waals surface area contributed by atoms with Crippen molar-refractivity contribution < 1.29 is 4.79 Å². The second kappa shape index (κ2) is 7.17. The number of amides is 1. The van der Waals surface area contributed by atoms with Crippen LogP contribution in [0.15, 0.2) is 17.8 Å². The maximum absolute atomic E-state index is 12.5. The molecule has 0 N–H and O–H groups in total. The zero-order chi connectivity index (χ0) is 18.0. The number of piperazine rings is 1. The predicted octanol–water partition coefficient (Wildman–Crippen LogP) is 2.50. The molecule has 3 heterocycles. The van der Waals surface area contributed by atoms with E-state index in [4.69, 9.17) is 4.98 Å². The van der Waals surface area contributed by atoms with Gasteiger partial charge in [0.1, 0.15) is 5.69 Å². The van der Waals surface area contributed by atoms with Gasteiger partial charge in [-0.2, -0.15) is 0 Å². The maximum Gasteiger partial charge on any atom is 0.274 e. The summed E-state index contributed by atoms with van der Waals surface area (Å²) in [5.74, 6) is -0.0316. The van der Waals surface area contributed by atoms with Crippen LogP contribution in [0, 0.1) is 6.92 Å². The van der Waals surface area contributed by atoms with E-state index in [0.29, 0.717) is 18.8 Å². The fraction of sp³-hybridized carbons (Fsp3) is 0.556. The number of hydrogen-bond acceptors (Lipinski definition) is 6. The van der Waals surface area contributed by atoms with Gasteiger partial charge in [0, 0.05) is 49.7 Å². The fourth-order valence-corrected chi connectivity index (χ4v) is 3.63. The molecule has 0 spiro atoms. The molecule has 134 valence electrons. The number of hydrogen-bond donors (Lipinski definition) is 0. The molecule has 7 heteroatoms. The lowest BCUT2D eigenvalue weighted by molar-refractivity contribution is 0.0621. The third kappa shape index (κ3) is 4.41. The Morgan fingerprint density at radius 2 is 1.88 bits per heavy atom. The van der Waals surface area contributed by atoms with Gasteiger partial charge < -0.3 is 4.90 Å². The number of aromatic nitrogens is 3. The zero-order valence-electron chi connectivity index (χ0n) is 15.3. The number of nitrogens with zero attached hydrogens (tertiary/aromatic N) is 5. The molecule has 6 nitrogen and oxygen atoms in total. The molecule has 0 bridgehead atoms. The van der Waals surface area contributed by atoms with Gasteiger partial charge in [-0.05, 0) is 6.92 Å². The Morgan fingerprint density at radius 3 is 2.44 bits per heavy atom.